The molecule has 24 heavy (non-hydrogen) atoms. The Morgan fingerprint density at radius 2 is 1.83 bits per heavy atom. The van der Waals surface area contributed by atoms with Gasteiger partial charge in [-0.1, -0.05) is 6.07 Å². The number of nitrogen functional groups attached to an aromatic ring is 1. The summed E-state index contributed by atoms with van der Waals surface area (Å²) in [4.78, 5) is -0.241. The van der Waals surface area contributed by atoms with Crippen LogP contribution < -0.4 is 10.5 Å². The number of hydrogen-bond donors (Lipinski definition) is 5. The van der Waals surface area contributed by atoms with Gasteiger partial charge in [0, 0.05) is 12.3 Å². The molecule has 0 aromatic heterocycles. The number of anilines is 1. The van der Waals surface area contributed by atoms with Gasteiger partial charge in [0.1, 0.15) is 0 Å². The van der Waals surface area contributed by atoms with Gasteiger partial charge >= 0.3 is 10.4 Å². The molecule has 0 saturated carbocycles. The van der Waals surface area contributed by atoms with Crippen LogP contribution in [0.5, 0.6) is 0 Å². The van der Waals surface area contributed by atoms with E-state index in [-0.39, 0.29) is 17.2 Å². The molecule has 0 aliphatic heterocycles. The van der Waals surface area contributed by atoms with E-state index in [0.717, 1.165) is 6.07 Å². The van der Waals surface area contributed by atoms with E-state index in [1.54, 1.807) is 6.92 Å². The fourth-order valence-electron chi connectivity index (χ4n) is 1.23. The van der Waals surface area contributed by atoms with Crippen LogP contribution in [0.15, 0.2) is 29.2 Å². The van der Waals surface area contributed by atoms with Crippen LogP contribution in [0, 0.1) is 0 Å². The number of aliphatic hydroxyl groups is 1. The number of nitrogens with two attached hydrogens (primary N) is 1. The summed E-state index contributed by atoms with van der Waals surface area (Å²) in [5.74, 6) is 0. The number of hydrogen-bond acceptors (Lipinski definition) is 9. The van der Waals surface area contributed by atoms with Gasteiger partial charge < -0.3 is 10.8 Å². The molecule has 0 aliphatic rings. The first-order valence-electron chi connectivity index (χ1n) is 6.18. The van der Waals surface area contributed by atoms with Gasteiger partial charge in [-0.05, 0) is 25.1 Å². The number of sulfonamides is 1. The number of thiol groups is 1. The minimum Gasteiger partial charge on any atom is -0.399 e. The van der Waals surface area contributed by atoms with Crippen LogP contribution in [0.3, 0.4) is 0 Å². The molecule has 0 fully saturated rings. The smallest absolute Gasteiger partial charge is 0.398 e. The first-order chi connectivity index (χ1) is 10.9. The third-order valence-electron chi connectivity index (χ3n) is 2.08. The Bertz CT molecular complexity index is 795. The highest BCUT2D eigenvalue weighted by Gasteiger charge is 2.23. The van der Waals surface area contributed by atoms with Gasteiger partial charge in [-0.2, -0.15) is 8.42 Å². The molecule has 1 aromatic rings. The third-order valence-corrected chi connectivity index (χ3v) is 4.88. The minimum absolute atomic E-state index is 0.165. The average molecular weight is 406 g/mol. The van der Waals surface area contributed by atoms with Crippen molar-refractivity contribution < 1.29 is 39.1 Å². The van der Waals surface area contributed by atoms with Crippen LogP contribution in [0.2, 0.25) is 0 Å². The lowest BCUT2D eigenvalue weighted by Crippen LogP contribution is -2.35. The Kier molecular flexibility index (Phi) is 9.34. The summed E-state index contributed by atoms with van der Waals surface area (Å²) >= 11 is 0. The van der Waals surface area contributed by atoms with E-state index in [0.29, 0.717) is 0 Å². The van der Waals surface area contributed by atoms with E-state index < -0.39 is 43.1 Å². The zero-order chi connectivity index (χ0) is 19.0. The van der Waals surface area contributed by atoms with E-state index in [4.69, 9.17) is 15.4 Å². The maximum atomic E-state index is 11.8. The quantitative estimate of drug-likeness (QED) is 0.198. The molecule has 0 amide bonds. The summed E-state index contributed by atoms with van der Waals surface area (Å²) < 4.78 is 80.2. The number of aliphatic hydroxyl groups excluding tert-OH is 1. The second-order valence-electron chi connectivity index (χ2n) is 4.00. The van der Waals surface area contributed by atoms with Crippen molar-refractivity contribution in [2.24, 2.45) is 0 Å². The van der Waals surface area contributed by atoms with Crippen molar-refractivity contribution in [1.82, 2.24) is 4.72 Å². The second-order valence-corrected chi connectivity index (χ2v) is 7.97. The number of rotatable bonds is 7. The van der Waals surface area contributed by atoms with Gasteiger partial charge in [-0.3, -0.25) is 4.55 Å². The van der Waals surface area contributed by atoms with E-state index in [2.05, 4.69) is 4.18 Å². The van der Waals surface area contributed by atoms with Crippen molar-refractivity contribution in [1.29, 1.82) is 0 Å². The monoisotopic (exact) mass is 406 g/mol. The van der Waals surface area contributed by atoms with Gasteiger partial charge in [0.05, 0.1) is 11.4 Å². The third kappa shape index (κ3) is 9.11. The number of benzene rings is 1. The molecular weight excluding hydrogens is 388 g/mol. The van der Waals surface area contributed by atoms with Crippen LogP contribution >= 0.6 is 0 Å². The first-order valence-corrected chi connectivity index (χ1v) is 10.3. The Balaban J connectivity index is 0.00000163. The molecule has 5 N–H and O–H groups in total. The molecule has 0 spiro atoms. The van der Waals surface area contributed by atoms with Crippen LogP contribution in [0.25, 0.3) is 0 Å². The average Bonchev–Trinajstić information content (AvgIpc) is 2.43. The molecule has 1 unspecified atom stereocenters. The van der Waals surface area contributed by atoms with Gasteiger partial charge in [0.25, 0.3) is 0 Å². The SMILES string of the molecule is CCO.Nc1cccc(S(=O)(=O)NCC(OS(=O)(=O)O)[SH](=O)=O)c1. The van der Waals surface area contributed by atoms with Crippen molar-refractivity contribution in [3.8, 4) is 0 Å². The highest BCUT2D eigenvalue weighted by atomic mass is 32.3. The van der Waals surface area contributed by atoms with Crippen molar-refractivity contribution in [3.05, 3.63) is 24.3 Å². The zero-order valence-electron chi connectivity index (χ0n) is 12.4. The van der Waals surface area contributed by atoms with Crippen LogP contribution in [-0.2, 0) is 35.3 Å². The van der Waals surface area contributed by atoms with Crippen LogP contribution in [0.4, 0.5) is 5.69 Å². The number of nitrogens with one attached hydrogen (secondary N) is 1. The molecular formula is C10H18N2O9S3. The maximum absolute atomic E-state index is 11.8. The summed E-state index contributed by atoms with van der Waals surface area (Å²) in [5, 5.41) is 7.57. The topological polar surface area (TPSA) is 190 Å². The van der Waals surface area contributed by atoms with Crippen molar-refractivity contribution >= 4 is 36.8 Å². The Morgan fingerprint density at radius 3 is 2.25 bits per heavy atom. The highest BCUT2D eigenvalue weighted by molar-refractivity contribution is 7.89. The minimum atomic E-state index is -5.05. The second kappa shape index (κ2) is 9.87. The predicted octanol–water partition coefficient (Wildman–Crippen LogP) is -1.70. The van der Waals surface area contributed by atoms with Crippen molar-refractivity contribution in [3.63, 3.8) is 0 Å². The summed E-state index contributed by atoms with van der Waals surface area (Å²) in [5.41, 5.74) is 3.50. The molecule has 0 heterocycles. The lowest BCUT2D eigenvalue weighted by atomic mass is 10.3. The van der Waals surface area contributed by atoms with Gasteiger partial charge in [0.15, 0.2) is 16.1 Å². The molecule has 0 bridgehead atoms. The Labute approximate surface area is 141 Å². The molecule has 1 atom stereocenters. The maximum Gasteiger partial charge on any atom is 0.398 e. The molecule has 14 heteroatoms. The molecule has 0 saturated heterocycles. The molecule has 0 aliphatic carbocycles. The Morgan fingerprint density at radius 1 is 1.29 bits per heavy atom. The lowest BCUT2D eigenvalue weighted by molar-refractivity contribution is 0.243. The first kappa shape index (κ1) is 22.7. The standard InChI is InChI=1S/C8H12N2O8S3.C2H6O/c9-6-2-1-3-7(4-6)20(13,14)10-5-8(19(11)12)18-21(15,16)17;1-2-3/h1-4,8,10,19H,5,9H2,(H,15,16,17);3H,2H2,1H3. The van der Waals surface area contributed by atoms with Crippen LogP contribution in [-0.4, -0.2) is 53.5 Å². The van der Waals surface area contributed by atoms with Gasteiger partial charge in [-0.15, -0.1) is 0 Å². The predicted molar refractivity (Wildman–Crippen MR) is 85.5 cm³/mol. The van der Waals surface area contributed by atoms with Gasteiger partial charge in [-0.25, -0.2) is 25.7 Å². The van der Waals surface area contributed by atoms with E-state index in [1.807, 2.05) is 4.72 Å². The Hall–Kier alpha value is -1.29. The van der Waals surface area contributed by atoms with E-state index in [1.165, 1.54) is 18.2 Å². The van der Waals surface area contributed by atoms with Crippen molar-refractivity contribution in [2.75, 3.05) is 18.9 Å². The summed E-state index contributed by atoms with van der Waals surface area (Å²) in [6.07, 6.45) is 0. The molecule has 1 rings (SSSR count). The summed E-state index contributed by atoms with van der Waals surface area (Å²) in [7, 11) is -12.6. The molecule has 1 aromatic carbocycles. The highest BCUT2D eigenvalue weighted by Crippen LogP contribution is 2.12. The van der Waals surface area contributed by atoms with Gasteiger partial charge in [0.2, 0.25) is 10.0 Å². The van der Waals surface area contributed by atoms with Crippen molar-refractivity contribution in [2.45, 2.75) is 17.3 Å². The largest absolute Gasteiger partial charge is 0.399 e. The summed E-state index contributed by atoms with van der Waals surface area (Å²) in [6, 6.07) is 5.13. The zero-order valence-corrected chi connectivity index (χ0v) is 14.9. The fraction of sp³-hybridized carbons (Fsp3) is 0.400. The normalized spacial score (nSPS) is 13.2. The van der Waals surface area contributed by atoms with Crippen LogP contribution in [0.1, 0.15) is 6.92 Å². The van der Waals surface area contributed by atoms with E-state index in [9.17, 15) is 25.3 Å². The molecule has 11 nitrogen and oxygen atoms in total. The molecule has 140 valence electrons. The summed E-state index contributed by atoms with van der Waals surface area (Å²) in [6.45, 7) is 1.02. The molecule has 0 radical (unpaired) electrons. The lowest BCUT2D eigenvalue weighted by Gasteiger charge is -2.11. The van der Waals surface area contributed by atoms with E-state index >= 15 is 0 Å². The fourth-order valence-corrected chi connectivity index (χ4v) is 3.64.